The van der Waals surface area contributed by atoms with E-state index in [0.717, 1.165) is 5.69 Å². The highest BCUT2D eigenvalue weighted by Gasteiger charge is 2.30. The number of morpholine rings is 1. The summed E-state index contributed by atoms with van der Waals surface area (Å²) in [4.78, 5) is 0. The van der Waals surface area contributed by atoms with E-state index in [2.05, 4.69) is 25.6 Å². The van der Waals surface area contributed by atoms with Gasteiger partial charge in [-0.25, -0.2) is 4.72 Å². The Bertz CT molecular complexity index is 802. The molecular formula is C15H23N7O3S. The molecule has 0 amide bonds. The minimum absolute atomic E-state index is 0.121. The van der Waals surface area contributed by atoms with Crippen molar-refractivity contribution in [3.05, 3.63) is 30.3 Å². The molecule has 0 unspecified atom stereocenters. The molecule has 0 bridgehead atoms. The van der Waals surface area contributed by atoms with Crippen LogP contribution >= 0.6 is 0 Å². The lowest BCUT2D eigenvalue weighted by atomic mass is 10.3. The van der Waals surface area contributed by atoms with E-state index in [4.69, 9.17) is 4.74 Å². The first kappa shape index (κ1) is 18.7. The second kappa shape index (κ2) is 8.08. The first-order valence-electron chi connectivity index (χ1n) is 8.43. The summed E-state index contributed by atoms with van der Waals surface area (Å²) in [7, 11) is -3.55. The van der Waals surface area contributed by atoms with Crippen LogP contribution in [-0.4, -0.2) is 71.3 Å². The fourth-order valence-electron chi connectivity index (χ4n) is 2.81. The van der Waals surface area contributed by atoms with E-state index < -0.39 is 10.2 Å². The number of rotatable bonds is 7. The van der Waals surface area contributed by atoms with Crippen molar-refractivity contribution in [3.8, 4) is 5.69 Å². The van der Waals surface area contributed by atoms with Crippen LogP contribution in [0.2, 0.25) is 0 Å². The Morgan fingerprint density at radius 3 is 2.54 bits per heavy atom. The van der Waals surface area contributed by atoms with Gasteiger partial charge in [-0.15, -0.1) is 0 Å². The van der Waals surface area contributed by atoms with Crippen LogP contribution in [0.15, 0.2) is 30.3 Å². The molecule has 1 aromatic heterocycles. The van der Waals surface area contributed by atoms with E-state index in [1.807, 2.05) is 44.2 Å². The molecule has 0 radical (unpaired) electrons. The second-order valence-electron chi connectivity index (χ2n) is 6.15. The molecule has 10 nitrogen and oxygen atoms in total. The van der Waals surface area contributed by atoms with Gasteiger partial charge in [0.1, 0.15) is 0 Å². The van der Waals surface area contributed by atoms with Crippen LogP contribution < -0.4 is 10.0 Å². The summed E-state index contributed by atoms with van der Waals surface area (Å²) in [5, 5.41) is 14.6. The molecule has 1 aliphatic heterocycles. The number of ether oxygens (including phenoxy) is 1. The SMILES string of the molecule is C[C@@H]1CN(S(=O)(=O)NCCNc2nnnn2-c2ccccc2)C[C@H](C)O1. The molecule has 0 saturated carbocycles. The largest absolute Gasteiger partial charge is 0.373 e. The van der Waals surface area contributed by atoms with Gasteiger partial charge in [0.2, 0.25) is 5.95 Å². The maximum absolute atomic E-state index is 12.4. The number of benzene rings is 1. The van der Waals surface area contributed by atoms with E-state index in [0.29, 0.717) is 25.6 Å². The number of hydrogen-bond acceptors (Lipinski definition) is 7. The molecule has 0 aliphatic carbocycles. The molecule has 2 aromatic rings. The lowest BCUT2D eigenvalue weighted by molar-refractivity contribution is -0.0443. The molecule has 1 aliphatic rings. The summed E-state index contributed by atoms with van der Waals surface area (Å²) < 4.78 is 36.0. The van der Waals surface area contributed by atoms with Gasteiger partial charge in [-0.1, -0.05) is 23.3 Å². The fraction of sp³-hybridized carbons (Fsp3) is 0.533. The Hall–Kier alpha value is -2.08. The summed E-state index contributed by atoms with van der Waals surface area (Å²) in [5.41, 5.74) is 0.817. The van der Waals surface area contributed by atoms with Crippen LogP contribution in [0, 0.1) is 0 Å². The van der Waals surface area contributed by atoms with Gasteiger partial charge >= 0.3 is 0 Å². The maximum atomic E-state index is 12.4. The van der Waals surface area contributed by atoms with Gasteiger partial charge in [0.15, 0.2) is 0 Å². The van der Waals surface area contributed by atoms with Crippen LogP contribution in [0.4, 0.5) is 5.95 Å². The third-order valence-corrected chi connectivity index (χ3v) is 5.44. The predicted molar refractivity (Wildman–Crippen MR) is 96.1 cm³/mol. The average molecular weight is 381 g/mol. The minimum Gasteiger partial charge on any atom is -0.373 e. The molecule has 142 valence electrons. The molecule has 2 heterocycles. The van der Waals surface area contributed by atoms with E-state index in [1.54, 1.807) is 4.68 Å². The smallest absolute Gasteiger partial charge is 0.279 e. The number of nitrogens with zero attached hydrogens (tertiary/aromatic N) is 5. The van der Waals surface area contributed by atoms with Gasteiger partial charge in [0.25, 0.3) is 10.2 Å². The Morgan fingerprint density at radius 2 is 1.85 bits per heavy atom. The van der Waals surface area contributed by atoms with Crippen LogP contribution in [0.5, 0.6) is 0 Å². The fourth-order valence-corrected chi connectivity index (χ4v) is 4.17. The van der Waals surface area contributed by atoms with Crippen molar-refractivity contribution in [3.63, 3.8) is 0 Å². The number of anilines is 1. The lowest BCUT2D eigenvalue weighted by Crippen LogP contribution is -2.52. The van der Waals surface area contributed by atoms with Crippen molar-refractivity contribution in [2.45, 2.75) is 26.1 Å². The second-order valence-corrected chi connectivity index (χ2v) is 7.91. The molecule has 3 rings (SSSR count). The molecule has 1 saturated heterocycles. The van der Waals surface area contributed by atoms with Crippen molar-refractivity contribution >= 4 is 16.2 Å². The molecule has 26 heavy (non-hydrogen) atoms. The quantitative estimate of drug-likeness (QED) is 0.650. The molecule has 2 N–H and O–H groups in total. The van der Waals surface area contributed by atoms with Gasteiger partial charge in [-0.05, 0) is 36.4 Å². The van der Waals surface area contributed by atoms with Crippen molar-refractivity contribution in [1.82, 2.24) is 29.2 Å². The Labute approximate surface area is 152 Å². The molecule has 11 heteroatoms. The monoisotopic (exact) mass is 381 g/mol. The first-order valence-corrected chi connectivity index (χ1v) is 9.87. The Kier molecular flexibility index (Phi) is 5.81. The highest BCUT2D eigenvalue weighted by atomic mass is 32.2. The zero-order chi connectivity index (χ0) is 18.6. The van der Waals surface area contributed by atoms with E-state index in [1.165, 1.54) is 4.31 Å². The van der Waals surface area contributed by atoms with Gasteiger partial charge in [0, 0.05) is 26.2 Å². The summed E-state index contributed by atoms with van der Waals surface area (Å²) in [6.45, 7) is 4.98. The Morgan fingerprint density at radius 1 is 1.15 bits per heavy atom. The molecule has 0 spiro atoms. The van der Waals surface area contributed by atoms with E-state index in [9.17, 15) is 8.42 Å². The van der Waals surface area contributed by atoms with Crippen LogP contribution in [0.3, 0.4) is 0 Å². The standard InChI is InChI=1S/C15H23N7O3S/c1-12-10-21(11-13(2)25-12)26(23,24)17-9-8-16-15-18-19-20-22(15)14-6-4-3-5-7-14/h3-7,12-13,17H,8-11H2,1-2H3,(H,16,18,20)/t12-,13+. The normalized spacial score (nSPS) is 21.6. The van der Waals surface area contributed by atoms with Crippen molar-refractivity contribution < 1.29 is 13.2 Å². The van der Waals surface area contributed by atoms with Crippen molar-refractivity contribution in [1.29, 1.82) is 0 Å². The van der Waals surface area contributed by atoms with Crippen LogP contribution in [0.25, 0.3) is 5.69 Å². The van der Waals surface area contributed by atoms with E-state index >= 15 is 0 Å². The number of para-hydroxylation sites is 1. The van der Waals surface area contributed by atoms with E-state index in [-0.39, 0.29) is 18.8 Å². The van der Waals surface area contributed by atoms with Gasteiger partial charge < -0.3 is 10.1 Å². The summed E-state index contributed by atoms with van der Waals surface area (Å²) in [6.07, 6.45) is -0.243. The van der Waals surface area contributed by atoms with Crippen LogP contribution in [0.1, 0.15) is 13.8 Å². The summed E-state index contributed by atoms with van der Waals surface area (Å²) in [5.74, 6) is 0.448. The molecular weight excluding hydrogens is 358 g/mol. The molecule has 1 aromatic carbocycles. The highest BCUT2D eigenvalue weighted by molar-refractivity contribution is 7.87. The average Bonchev–Trinajstić information content (AvgIpc) is 3.07. The zero-order valence-electron chi connectivity index (χ0n) is 14.7. The first-order chi connectivity index (χ1) is 12.5. The third-order valence-electron chi connectivity index (χ3n) is 3.89. The van der Waals surface area contributed by atoms with Gasteiger partial charge in [-0.2, -0.15) is 17.4 Å². The lowest BCUT2D eigenvalue weighted by Gasteiger charge is -2.34. The Balaban J connectivity index is 1.52. The highest BCUT2D eigenvalue weighted by Crippen LogP contribution is 2.13. The number of aromatic nitrogens is 4. The topological polar surface area (TPSA) is 114 Å². The molecule has 1 fully saturated rings. The molecule has 2 atom stereocenters. The van der Waals surface area contributed by atoms with Gasteiger partial charge in [-0.3, -0.25) is 0 Å². The summed E-state index contributed by atoms with van der Waals surface area (Å²) in [6, 6.07) is 9.44. The zero-order valence-corrected chi connectivity index (χ0v) is 15.6. The number of hydrogen-bond donors (Lipinski definition) is 2. The van der Waals surface area contributed by atoms with Gasteiger partial charge in [0.05, 0.1) is 17.9 Å². The van der Waals surface area contributed by atoms with Crippen LogP contribution in [-0.2, 0) is 14.9 Å². The number of nitrogens with one attached hydrogen (secondary N) is 2. The summed E-state index contributed by atoms with van der Waals surface area (Å²) >= 11 is 0. The predicted octanol–water partition coefficient (Wildman–Crippen LogP) is 0.0178. The maximum Gasteiger partial charge on any atom is 0.279 e. The third kappa shape index (κ3) is 4.55. The van der Waals surface area contributed by atoms with Crippen molar-refractivity contribution in [2.24, 2.45) is 0 Å². The number of tetrazole rings is 1. The minimum atomic E-state index is -3.55. The van der Waals surface area contributed by atoms with Crippen molar-refractivity contribution in [2.75, 3.05) is 31.5 Å².